The molecule has 11 heavy (non-hydrogen) atoms. The average Bonchev–Trinajstić information content (AvgIpc) is 2.04. The van der Waals surface area contributed by atoms with Crippen molar-refractivity contribution in [1.29, 1.82) is 0 Å². The van der Waals surface area contributed by atoms with Crippen LogP contribution in [0.2, 0.25) is 0 Å². The van der Waals surface area contributed by atoms with Gasteiger partial charge >= 0.3 is 5.97 Å². The normalized spacial score (nSPS) is 18.4. The molecule has 0 aromatic heterocycles. The summed E-state index contributed by atoms with van der Waals surface area (Å²) in [6.45, 7) is 0. The third-order valence-corrected chi connectivity index (χ3v) is 2.25. The molecule has 1 aliphatic carbocycles. The molecule has 0 bridgehead atoms. The van der Waals surface area contributed by atoms with Gasteiger partial charge in [0, 0.05) is 10.1 Å². The number of allylic oxidation sites excluding steroid dienone is 1. The third kappa shape index (κ3) is 1.96. The summed E-state index contributed by atoms with van der Waals surface area (Å²) in [4.78, 5) is 14.5. The lowest BCUT2D eigenvalue weighted by Gasteiger charge is -2.12. The fraction of sp³-hybridized carbons (Fsp3) is 0.571. The van der Waals surface area contributed by atoms with E-state index in [2.05, 4.69) is 17.6 Å². The van der Waals surface area contributed by atoms with Gasteiger partial charge in [-0.25, -0.2) is 9.74 Å². The monoisotopic (exact) mass is 176 g/mol. The molecule has 1 rings (SSSR count). The molecule has 1 aliphatic rings. The van der Waals surface area contributed by atoms with Crippen molar-refractivity contribution in [2.75, 3.05) is 0 Å². The SMILES string of the molecule is O=C(OF)C1=C(S)CCCC1. The number of rotatable bonds is 1. The van der Waals surface area contributed by atoms with Crippen LogP contribution in [0.3, 0.4) is 0 Å². The van der Waals surface area contributed by atoms with Gasteiger partial charge in [0.05, 0.1) is 0 Å². The van der Waals surface area contributed by atoms with Gasteiger partial charge in [-0.05, 0) is 30.6 Å². The highest BCUT2D eigenvalue weighted by atomic mass is 32.1. The second-order valence-electron chi connectivity index (χ2n) is 2.50. The van der Waals surface area contributed by atoms with Crippen molar-refractivity contribution in [3.8, 4) is 0 Å². The zero-order valence-electron chi connectivity index (χ0n) is 5.97. The first kappa shape index (κ1) is 8.59. The lowest BCUT2D eigenvalue weighted by Crippen LogP contribution is -2.07. The van der Waals surface area contributed by atoms with Crippen LogP contribution in [0.15, 0.2) is 10.5 Å². The predicted octanol–water partition coefficient (Wildman–Crippen LogP) is 2.17. The second kappa shape index (κ2) is 3.76. The lowest BCUT2D eigenvalue weighted by atomic mass is 9.99. The van der Waals surface area contributed by atoms with E-state index in [-0.39, 0.29) is 0 Å². The molecule has 0 heterocycles. The summed E-state index contributed by atoms with van der Waals surface area (Å²) >= 11 is 4.06. The average molecular weight is 176 g/mol. The van der Waals surface area contributed by atoms with Gasteiger partial charge in [0.25, 0.3) is 0 Å². The maximum absolute atomic E-state index is 11.4. The zero-order valence-corrected chi connectivity index (χ0v) is 6.86. The van der Waals surface area contributed by atoms with Crippen LogP contribution in [0, 0.1) is 0 Å². The Kier molecular flexibility index (Phi) is 2.93. The molecule has 0 unspecified atom stereocenters. The van der Waals surface area contributed by atoms with E-state index >= 15 is 0 Å². The van der Waals surface area contributed by atoms with Gasteiger partial charge in [-0.2, -0.15) is 0 Å². The van der Waals surface area contributed by atoms with Crippen molar-refractivity contribution in [1.82, 2.24) is 0 Å². The molecular weight excluding hydrogens is 167 g/mol. The smallest absolute Gasteiger partial charge is 0.250 e. The van der Waals surface area contributed by atoms with Crippen LogP contribution < -0.4 is 0 Å². The first-order valence-electron chi connectivity index (χ1n) is 3.49. The van der Waals surface area contributed by atoms with Crippen molar-refractivity contribution in [3.05, 3.63) is 10.5 Å². The van der Waals surface area contributed by atoms with E-state index in [0.29, 0.717) is 16.9 Å². The van der Waals surface area contributed by atoms with Gasteiger partial charge in [-0.1, -0.05) is 0 Å². The summed E-state index contributed by atoms with van der Waals surface area (Å²) in [5.41, 5.74) is 0.391. The summed E-state index contributed by atoms with van der Waals surface area (Å²) < 4.78 is 11.4. The number of carbonyl (C=O) groups is 1. The van der Waals surface area contributed by atoms with Crippen molar-refractivity contribution in [3.63, 3.8) is 0 Å². The first-order valence-corrected chi connectivity index (χ1v) is 3.94. The molecule has 62 valence electrons. The predicted molar refractivity (Wildman–Crippen MR) is 41.7 cm³/mol. The Balaban J connectivity index is 2.74. The van der Waals surface area contributed by atoms with E-state index < -0.39 is 5.97 Å². The number of halogens is 1. The highest BCUT2D eigenvalue weighted by Gasteiger charge is 2.18. The Morgan fingerprint density at radius 1 is 1.45 bits per heavy atom. The summed E-state index contributed by atoms with van der Waals surface area (Å²) in [5, 5.41) is 0. The maximum atomic E-state index is 11.4. The number of carbonyl (C=O) groups excluding carboxylic acids is 1. The molecule has 0 N–H and O–H groups in total. The van der Waals surface area contributed by atoms with E-state index in [1.54, 1.807) is 0 Å². The quantitative estimate of drug-likeness (QED) is 0.620. The van der Waals surface area contributed by atoms with Crippen LogP contribution >= 0.6 is 12.6 Å². The molecule has 0 atom stereocenters. The molecule has 0 aromatic rings. The summed E-state index contributed by atoms with van der Waals surface area (Å²) in [5.74, 6) is -0.880. The van der Waals surface area contributed by atoms with Crippen LogP contribution in [0.4, 0.5) is 4.53 Å². The molecule has 0 aromatic carbocycles. The Morgan fingerprint density at radius 3 is 2.64 bits per heavy atom. The molecule has 2 nitrogen and oxygen atoms in total. The summed E-state index contributed by atoms with van der Waals surface area (Å²) in [6, 6.07) is 0. The Bertz CT molecular complexity index is 201. The zero-order chi connectivity index (χ0) is 8.27. The number of hydrogen-bond acceptors (Lipinski definition) is 3. The molecule has 0 saturated carbocycles. The minimum Gasteiger partial charge on any atom is -0.250 e. The van der Waals surface area contributed by atoms with Crippen LogP contribution in [-0.2, 0) is 9.74 Å². The van der Waals surface area contributed by atoms with Crippen LogP contribution in [0.1, 0.15) is 25.7 Å². The van der Waals surface area contributed by atoms with E-state index in [1.165, 1.54) is 0 Å². The van der Waals surface area contributed by atoms with Crippen molar-refractivity contribution >= 4 is 18.6 Å². The number of thiol groups is 1. The molecule has 0 fully saturated rings. The van der Waals surface area contributed by atoms with Crippen LogP contribution in [0.5, 0.6) is 0 Å². The van der Waals surface area contributed by atoms with Gasteiger partial charge in [-0.15, -0.1) is 12.6 Å². The van der Waals surface area contributed by atoms with Crippen LogP contribution in [0.25, 0.3) is 0 Å². The second-order valence-corrected chi connectivity index (χ2v) is 3.04. The minimum atomic E-state index is -0.880. The highest BCUT2D eigenvalue weighted by molar-refractivity contribution is 7.84. The van der Waals surface area contributed by atoms with Crippen molar-refractivity contribution < 1.29 is 14.3 Å². The fourth-order valence-electron chi connectivity index (χ4n) is 1.16. The largest absolute Gasteiger partial charge is 0.376 e. The van der Waals surface area contributed by atoms with Crippen LogP contribution in [-0.4, -0.2) is 5.97 Å². The molecule has 0 radical (unpaired) electrons. The topological polar surface area (TPSA) is 26.3 Å². The van der Waals surface area contributed by atoms with Gasteiger partial charge in [0.1, 0.15) is 0 Å². The van der Waals surface area contributed by atoms with Crippen molar-refractivity contribution in [2.45, 2.75) is 25.7 Å². The lowest BCUT2D eigenvalue weighted by molar-refractivity contribution is -0.178. The molecule has 0 saturated heterocycles. The third-order valence-electron chi connectivity index (χ3n) is 1.76. The molecule has 0 aliphatic heterocycles. The van der Waals surface area contributed by atoms with Gasteiger partial charge in [-0.3, -0.25) is 0 Å². The number of hydrogen-bond donors (Lipinski definition) is 1. The summed E-state index contributed by atoms with van der Waals surface area (Å²) in [6.07, 6.45) is 3.27. The highest BCUT2D eigenvalue weighted by Crippen LogP contribution is 2.27. The summed E-state index contributed by atoms with van der Waals surface area (Å²) in [7, 11) is 0. The van der Waals surface area contributed by atoms with E-state index in [0.717, 1.165) is 19.3 Å². The molecular formula is C7H9FO2S. The Morgan fingerprint density at radius 2 is 2.09 bits per heavy atom. The Hall–Kier alpha value is -0.510. The Labute approximate surface area is 69.7 Å². The van der Waals surface area contributed by atoms with Crippen molar-refractivity contribution in [2.24, 2.45) is 0 Å². The molecule has 0 amide bonds. The molecule has 4 heteroatoms. The van der Waals surface area contributed by atoms with Gasteiger partial charge < -0.3 is 0 Å². The fourth-order valence-corrected chi connectivity index (χ4v) is 1.52. The minimum absolute atomic E-state index is 0.391. The van der Waals surface area contributed by atoms with E-state index in [4.69, 9.17) is 0 Å². The standard InChI is InChI=1S/C7H9FO2S/c8-10-7(9)5-3-1-2-4-6(5)11/h11H,1-4H2. The maximum Gasteiger partial charge on any atom is 0.376 e. The van der Waals surface area contributed by atoms with Gasteiger partial charge in [0.2, 0.25) is 0 Å². The molecule has 0 spiro atoms. The van der Waals surface area contributed by atoms with E-state index in [1.807, 2.05) is 0 Å². The first-order chi connectivity index (χ1) is 5.25. The van der Waals surface area contributed by atoms with E-state index in [9.17, 15) is 9.32 Å². The van der Waals surface area contributed by atoms with Gasteiger partial charge in [0.15, 0.2) is 0 Å².